The molecule has 7 heteroatoms. The lowest BCUT2D eigenvalue weighted by Gasteiger charge is -2.15. The van der Waals surface area contributed by atoms with Crippen molar-refractivity contribution in [2.75, 3.05) is 20.8 Å². The molecule has 2 heterocycles. The van der Waals surface area contributed by atoms with Crippen molar-refractivity contribution < 1.29 is 19.4 Å². The Hall–Kier alpha value is -3.29. The molecule has 0 amide bonds. The van der Waals surface area contributed by atoms with E-state index in [0.717, 1.165) is 29.5 Å². The molecule has 0 aliphatic rings. The zero-order chi connectivity index (χ0) is 23.4. The summed E-state index contributed by atoms with van der Waals surface area (Å²) in [6.07, 6.45) is 4.84. The van der Waals surface area contributed by atoms with Crippen LogP contribution in [0.3, 0.4) is 0 Å². The largest absolute Gasteiger partial charge is 0.494 e. The first kappa shape index (κ1) is 22.9. The maximum Gasteiger partial charge on any atom is 0.342 e. The molecular formula is C26H23BrN2O4. The number of esters is 1. The van der Waals surface area contributed by atoms with Crippen LogP contribution in [-0.2, 0) is 11.2 Å². The monoisotopic (exact) mass is 506 g/mol. The fraction of sp³-hybridized carbons (Fsp3) is 0.192. The first-order valence-corrected chi connectivity index (χ1v) is 11.3. The number of pyridine rings is 2. The van der Waals surface area contributed by atoms with E-state index in [4.69, 9.17) is 19.6 Å². The Balaban J connectivity index is 1.77. The van der Waals surface area contributed by atoms with Gasteiger partial charge in [0.05, 0.1) is 24.2 Å². The van der Waals surface area contributed by atoms with Crippen molar-refractivity contribution in [3.8, 4) is 28.1 Å². The Morgan fingerprint density at radius 3 is 2.21 bits per heavy atom. The predicted molar refractivity (Wildman–Crippen MR) is 131 cm³/mol. The zero-order valence-electron chi connectivity index (χ0n) is 18.3. The number of benzene rings is 2. The van der Waals surface area contributed by atoms with Gasteiger partial charge in [-0.25, -0.2) is 9.78 Å². The van der Waals surface area contributed by atoms with Crippen molar-refractivity contribution in [1.82, 2.24) is 9.97 Å². The minimum Gasteiger partial charge on any atom is -0.494 e. The summed E-state index contributed by atoms with van der Waals surface area (Å²) in [7, 11) is 2.85. The Kier molecular flexibility index (Phi) is 7.01. The van der Waals surface area contributed by atoms with E-state index in [2.05, 4.69) is 45.2 Å². The fourth-order valence-electron chi connectivity index (χ4n) is 3.79. The van der Waals surface area contributed by atoms with Crippen LogP contribution in [0.25, 0.3) is 33.3 Å². The van der Waals surface area contributed by atoms with E-state index in [1.165, 1.54) is 19.8 Å². The standard InChI is InChI=1S/C26H23BrN2O4/c1-32-25-22(26(31)33-2)20-14-28-15-21(27)24(20)29-23(25)19-11-9-18(10-12-19)17-7-5-16(6-8-17)4-3-13-30/h5-12,14-15,30H,3-4,13H2,1-2H3. The summed E-state index contributed by atoms with van der Waals surface area (Å²) in [4.78, 5) is 21.6. The summed E-state index contributed by atoms with van der Waals surface area (Å²) >= 11 is 3.49. The quantitative estimate of drug-likeness (QED) is 0.335. The van der Waals surface area contributed by atoms with Gasteiger partial charge in [0.15, 0.2) is 5.75 Å². The smallest absolute Gasteiger partial charge is 0.342 e. The third-order valence-electron chi connectivity index (χ3n) is 5.47. The maximum atomic E-state index is 12.6. The Morgan fingerprint density at radius 1 is 0.970 bits per heavy atom. The molecule has 168 valence electrons. The number of carbonyl (C=O) groups excluding carboxylic acids is 1. The molecule has 0 unspecified atom stereocenters. The van der Waals surface area contributed by atoms with E-state index in [-0.39, 0.29) is 12.2 Å². The predicted octanol–water partition coefficient (Wildman–Crippen LogP) is 5.45. The second kappa shape index (κ2) is 10.1. The topological polar surface area (TPSA) is 81.5 Å². The molecule has 0 saturated carbocycles. The number of ether oxygens (including phenoxy) is 2. The number of halogens is 1. The van der Waals surface area contributed by atoms with Gasteiger partial charge in [-0.3, -0.25) is 4.98 Å². The highest BCUT2D eigenvalue weighted by molar-refractivity contribution is 9.10. The molecule has 2 aromatic carbocycles. The van der Waals surface area contributed by atoms with Gasteiger partial charge >= 0.3 is 5.97 Å². The Bertz CT molecular complexity index is 1290. The van der Waals surface area contributed by atoms with Crippen molar-refractivity contribution in [2.24, 2.45) is 0 Å². The summed E-state index contributed by atoms with van der Waals surface area (Å²) in [5.74, 6) is -0.173. The van der Waals surface area contributed by atoms with Crippen LogP contribution in [-0.4, -0.2) is 41.9 Å². The molecule has 0 fully saturated rings. The lowest BCUT2D eigenvalue weighted by molar-refractivity contribution is 0.0599. The van der Waals surface area contributed by atoms with E-state index in [9.17, 15) is 4.79 Å². The number of hydrogen-bond donors (Lipinski definition) is 1. The number of carbonyl (C=O) groups is 1. The summed E-state index contributed by atoms with van der Waals surface area (Å²) in [5.41, 5.74) is 5.60. The number of aliphatic hydroxyl groups excluding tert-OH is 1. The van der Waals surface area contributed by atoms with Crippen molar-refractivity contribution >= 4 is 32.8 Å². The lowest BCUT2D eigenvalue weighted by atomic mass is 9.99. The summed E-state index contributed by atoms with van der Waals surface area (Å²) in [6, 6.07) is 16.3. The molecule has 4 aromatic rings. The zero-order valence-corrected chi connectivity index (χ0v) is 19.9. The summed E-state index contributed by atoms with van der Waals surface area (Å²) in [5, 5.41) is 9.56. The number of aromatic nitrogens is 2. The van der Waals surface area contributed by atoms with Crippen LogP contribution in [0.1, 0.15) is 22.3 Å². The highest BCUT2D eigenvalue weighted by Crippen LogP contribution is 2.38. The molecule has 0 radical (unpaired) electrons. The first-order chi connectivity index (χ1) is 16.1. The van der Waals surface area contributed by atoms with Crippen molar-refractivity contribution in [3.63, 3.8) is 0 Å². The number of methoxy groups -OCH3 is 2. The number of aliphatic hydroxyl groups is 1. The molecule has 0 spiro atoms. The number of rotatable bonds is 7. The maximum absolute atomic E-state index is 12.6. The number of fused-ring (bicyclic) bond motifs is 1. The van der Waals surface area contributed by atoms with Crippen LogP contribution in [0.5, 0.6) is 5.75 Å². The van der Waals surface area contributed by atoms with Crippen LogP contribution in [0.2, 0.25) is 0 Å². The molecular weight excluding hydrogens is 484 g/mol. The number of hydrogen-bond acceptors (Lipinski definition) is 6. The SMILES string of the molecule is COC(=O)c1c(OC)c(-c2ccc(-c3ccc(CCCO)cc3)cc2)nc2c(Br)cncc12. The van der Waals surface area contributed by atoms with Crippen molar-refractivity contribution in [3.05, 3.63) is 76.5 Å². The molecule has 33 heavy (non-hydrogen) atoms. The van der Waals surface area contributed by atoms with E-state index in [0.29, 0.717) is 26.8 Å². The van der Waals surface area contributed by atoms with Gasteiger partial charge < -0.3 is 14.6 Å². The number of aryl methyl sites for hydroxylation is 1. The molecule has 0 aliphatic carbocycles. The van der Waals surface area contributed by atoms with E-state index in [1.54, 1.807) is 12.4 Å². The molecule has 0 saturated heterocycles. The van der Waals surface area contributed by atoms with Gasteiger partial charge in [0.25, 0.3) is 0 Å². The van der Waals surface area contributed by atoms with Crippen molar-refractivity contribution in [1.29, 1.82) is 0 Å². The summed E-state index contributed by atoms with van der Waals surface area (Å²) in [6.45, 7) is 0.195. The molecule has 0 bridgehead atoms. The Morgan fingerprint density at radius 2 is 1.61 bits per heavy atom. The molecule has 0 atom stereocenters. The third kappa shape index (κ3) is 4.60. The minimum absolute atomic E-state index is 0.195. The van der Waals surface area contributed by atoms with E-state index < -0.39 is 5.97 Å². The van der Waals surface area contributed by atoms with E-state index >= 15 is 0 Å². The second-order valence-corrected chi connectivity index (χ2v) is 8.33. The van der Waals surface area contributed by atoms with E-state index in [1.807, 2.05) is 24.3 Å². The molecule has 2 aromatic heterocycles. The Labute approximate surface area is 200 Å². The van der Waals surface area contributed by atoms with Gasteiger partial charge in [-0.1, -0.05) is 48.5 Å². The molecule has 1 N–H and O–H groups in total. The number of nitrogens with zero attached hydrogens (tertiary/aromatic N) is 2. The van der Waals surface area contributed by atoms with Gasteiger partial charge in [0, 0.05) is 30.0 Å². The van der Waals surface area contributed by atoms with Gasteiger partial charge in [-0.15, -0.1) is 0 Å². The normalized spacial score (nSPS) is 10.9. The highest BCUT2D eigenvalue weighted by atomic mass is 79.9. The van der Waals surface area contributed by atoms with Gasteiger partial charge in [0.2, 0.25) is 0 Å². The average molecular weight is 507 g/mol. The highest BCUT2D eigenvalue weighted by Gasteiger charge is 2.24. The van der Waals surface area contributed by atoms with Crippen LogP contribution in [0.15, 0.2) is 65.4 Å². The fourth-order valence-corrected chi connectivity index (χ4v) is 4.22. The lowest BCUT2D eigenvalue weighted by Crippen LogP contribution is -2.08. The third-order valence-corrected chi connectivity index (χ3v) is 6.05. The van der Waals surface area contributed by atoms with Gasteiger partial charge in [0.1, 0.15) is 11.3 Å². The van der Waals surface area contributed by atoms with Crippen molar-refractivity contribution in [2.45, 2.75) is 12.8 Å². The molecule has 0 aliphatic heterocycles. The first-order valence-electron chi connectivity index (χ1n) is 10.5. The van der Waals surface area contributed by atoms with Crippen LogP contribution in [0, 0.1) is 0 Å². The molecule has 6 nitrogen and oxygen atoms in total. The van der Waals surface area contributed by atoms with Gasteiger partial charge in [-0.05, 0) is 45.5 Å². The summed E-state index contributed by atoms with van der Waals surface area (Å²) < 4.78 is 11.3. The average Bonchev–Trinajstić information content (AvgIpc) is 2.86. The van der Waals surface area contributed by atoms with Crippen LogP contribution >= 0.6 is 15.9 Å². The minimum atomic E-state index is -0.515. The second-order valence-electron chi connectivity index (χ2n) is 7.48. The van der Waals surface area contributed by atoms with Gasteiger partial charge in [-0.2, -0.15) is 0 Å². The molecule has 4 rings (SSSR count). The van der Waals surface area contributed by atoms with Crippen LogP contribution < -0.4 is 4.74 Å². The van der Waals surface area contributed by atoms with Crippen LogP contribution in [0.4, 0.5) is 0 Å².